The third kappa shape index (κ3) is 4.18. The Kier molecular flexibility index (Phi) is 8.05. The second-order valence-corrected chi connectivity index (χ2v) is 7.89. The van der Waals surface area contributed by atoms with E-state index in [0.29, 0.717) is 0 Å². The van der Waals surface area contributed by atoms with E-state index in [1.807, 2.05) is 0 Å². The molecule has 0 aliphatic rings. The first kappa shape index (κ1) is 29.3. The van der Waals surface area contributed by atoms with E-state index in [9.17, 15) is 17.6 Å². The van der Waals surface area contributed by atoms with Crippen LogP contribution in [0.5, 0.6) is 0 Å². The Labute approximate surface area is 218 Å². The third-order valence-corrected chi connectivity index (χ3v) is 6.05. The number of rotatable bonds is 4. The van der Waals surface area contributed by atoms with Crippen molar-refractivity contribution in [2.45, 2.75) is 0 Å². The minimum Gasteiger partial charge on any atom is -0.210 e. The summed E-state index contributed by atoms with van der Waals surface area (Å²) < 4.78 is 180. The first-order valence-corrected chi connectivity index (χ1v) is 10.1. The van der Waals surface area contributed by atoms with Gasteiger partial charge >= 0.3 is 18.9 Å². The average molecular weight is 542 g/mol. The van der Waals surface area contributed by atoms with Crippen LogP contribution in [0.2, 0.25) is 0 Å². The first-order chi connectivity index (χ1) is 17.3. The molecule has 0 atom stereocenters. The molecule has 0 saturated heterocycles. The van der Waals surface area contributed by atoms with Crippen LogP contribution in [0, 0.1) is 69.8 Å². The molecule has 4 aromatic rings. The Balaban J connectivity index is 0.00000400. The van der Waals surface area contributed by atoms with Gasteiger partial charge in [-0.1, -0.05) is 0 Å². The Hall–Kier alpha value is -3.30. The van der Waals surface area contributed by atoms with E-state index in [0.717, 1.165) is 0 Å². The second kappa shape index (κ2) is 10.5. The number of hydrogen-bond donors (Lipinski definition) is 0. The normalized spacial score (nSPS) is 11.5. The van der Waals surface area contributed by atoms with Crippen molar-refractivity contribution in [3.8, 4) is 0 Å². The summed E-state index contributed by atoms with van der Waals surface area (Å²) in [7, 11) is 0. The van der Waals surface area contributed by atoms with Crippen molar-refractivity contribution in [3.05, 3.63) is 118 Å². The zero-order chi connectivity index (χ0) is 27.4. The largest absolute Gasteiger partial charge is 1.00 e. The predicted octanol–water partition coefficient (Wildman–Crippen LogP) is 1.74. The van der Waals surface area contributed by atoms with E-state index in [4.69, 9.17) is 0 Å². The van der Waals surface area contributed by atoms with Crippen molar-refractivity contribution in [3.63, 3.8) is 0 Å². The maximum Gasteiger partial charge on any atom is 1.00 e. The van der Waals surface area contributed by atoms with E-state index in [-0.39, 0.29) is 67.4 Å². The van der Waals surface area contributed by atoms with Gasteiger partial charge in [-0.3, -0.25) is 0 Å². The van der Waals surface area contributed by atoms with E-state index < -0.39 is 97.8 Å². The van der Waals surface area contributed by atoms with Crippen LogP contribution in [0.4, 0.5) is 52.7 Å². The van der Waals surface area contributed by atoms with Gasteiger partial charge in [-0.25, -0.2) is 52.7 Å². The number of halogens is 12. The fraction of sp³-hybridized carbons (Fsp3) is 0. The molecule has 0 N–H and O–H groups in total. The summed E-state index contributed by atoms with van der Waals surface area (Å²) in [6.45, 7) is 0. The summed E-state index contributed by atoms with van der Waals surface area (Å²) in [5, 5.41) is 0. The summed E-state index contributed by atoms with van der Waals surface area (Å²) in [4.78, 5) is 0. The number of benzene rings is 4. The molecule has 0 aliphatic heterocycles. The van der Waals surface area contributed by atoms with Gasteiger partial charge in [0, 0.05) is 0 Å². The van der Waals surface area contributed by atoms with E-state index in [2.05, 4.69) is 0 Å². The molecule has 0 aromatic heterocycles. The summed E-state index contributed by atoms with van der Waals surface area (Å²) in [6.07, 6.45) is -5.46. The van der Waals surface area contributed by atoms with Gasteiger partial charge in [0.25, 0.3) is 0 Å². The molecule has 4 aromatic carbocycles. The molecule has 4 rings (SSSR count). The standard InChI is InChI=1S/C24H8BF12.Li/c26-9-1-5-13(30)21(34)17(9)25(18-10(27)2-6-14(31)22(18)35,19-11(28)3-7-15(32)23(19)36)20-12(29)4-8-16(33)24(20)37;/h1-8H;/q-1;+1. The molecular weight excluding hydrogens is 534 g/mol. The minimum absolute atomic E-state index is 0. The Morgan fingerprint density at radius 3 is 0.632 bits per heavy atom. The van der Waals surface area contributed by atoms with Crippen molar-refractivity contribution >= 4 is 28.0 Å². The SMILES string of the molecule is Fc1ccc(F)c([B-](c2c(F)ccc(F)c2F)(c2c(F)ccc(F)c2F)c2c(F)ccc(F)c2F)c1F.[Li+]. The maximum atomic E-state index is 15.3. The molecule has 0 fully saturated rings. The molecule has 0 bridgehead atoms. The molecule has 0 radical (unpaired) electrons. The first-order valence-electron chi connectivity index (χ1n) is 10.1. The Bertz CT molecular complexity index is 1340. The molecule has 192 valence electrons. The zero-order valence-corrected chi connectivity index (χ0v) is 18.7. The molecule has 0 nitrogen and oxygen atoms in total. The second-order valence-electron chi connectivity index (χ2n) is 7.89. The van der Waals surface area contributed by atoms with Crippen molar-refractivity contribution < 1.29 is 71.5 Å². The van der Waals surface area contributed by atoms with Crippen LogP contribution in [0.1, 0.15) is 0 Å². The molecule has 38 heavy (non-hydrogen) atoms. The van der Waals surface area contributed by atoms with Gasteiger partial charge in [0.2, 0.25) is 0 Å². The van der Waals surface area contributed by atoms with Crippen LogP contribution in [0.15, 0.2) is 48.5 Å². The summed E-state index contributed by atoms with van der Waals surface area (Å²) in [6, 6.07) is 0.641. The van der Waals surface area contributed by atoms with Crippen molar-refractivity contribution in [1.82, 2.24) is 0 Å². The molecular formula is C24H8BF12Li. The van der Waals surface area contributed by atoms with Crippen molar-refractivity contribution in [2.75, 3.05) is 0 Å². The quantitative estimate of drug-likeness (QED) is 0.210. The van der Waals surface area contributed by atoms with Gasteiger partial charge in [-0.15, -0.1) is 21.9 Å². The fourth-order valence-electron chi connectivity index (χ4n) is 4.62. The van der Waals surface area contributed by atoms with Crippen molar-refractivity contribution in [2.24, 2.45) is 0 Å². The zero-order valence-electron chi connectivity index (χ0n) is 18.7. The van der Waals surface area contributed by atoms with Gasteiger partial charge in [0.1, 0.15) is 29.4 Å². The average Bonchev–Trinajstić information content (AvgIpc) is 2.84. The topological polar surface area (TPSA) is 0 Å². The minimum atomic E-state index is -5.46. The maximum absolute atomic E-state index is 15.3. The van der Waals surface area contributed by atoms with Crippen molar-refractivity contribution in [1.29, 1.82) is 0 Å². The summed E-state index contributed by atoms with van der Waals surface area (Å²) in [5.41, 5.74) is -8.57. The van der Waals surface area contributed by atoms with Crippen LogP contribution in [0.25, 0.3) is 0 Å². The third-order valence-electron chi connectivity index (χ3n) is 6.05. The van der Waals surface area contributed by atoms with E-state index in [1.165, 1.54) is 0 Å². The van der Waals surface area contributed by atoms with Gasteiger partial charge in [0.15, 0.2) is 23.3 Å². The molecule has 0 amide bonds. The van der Waals surface area contributed by atoms with Gasteiger partial charge in [-0.2, -0.15) is 0 Å². The molecule has 14 heteroatoms. The molecule has 0 unspecified atom stereocenters. The molecule has 0 saturated carbocycles. The van der Waals surface area contributed by atoms with E-state index in [1.54, 1.807) is 0 Å². The molecule has 0 heterocycles. The van der Waals surface area contributed by atoms with Crippen LogP contribution in [0.3, 0.4) is 0 Å². The summed E-state index contributed by atoms with van der Waals surface area (Å²) in [5.74, 6) is -26.6. The van der Waals surface area contributed by atoms with Gasteiger partial charge in [-0.05, 0) is 48.5 Å². The monoisotopic (exact) mass is 542 g/mol. The smallest absolute Gasteiger partial charge is 0.210 e. The Morgan fingerprint density at radius 1 is 0.289 bits per heavy atom. The van der Waals surface area contributed by atoms with Crippen LogP contribution in [-0.4, -0.2) is 6.15 Å². The van der Waals surface area contributed by atoms with Crippen LogP contribution in [-0.2, 0) is 0 Å². The van der Waals surface area contributed by atoms with Gasteiger partial charge < -0.3 is 0 Å². The van der Waals surface area contributed by atoms with E-state index >= 15 is 35.1 Å². The van der Waals surface area contributed by atoms with Crippen LogP contribution < -0.4 is 40.7 Å². The van der Waals surface area contributed by atoms with Crippen LogP contribution >= 0.6 is 0 Å². The number of hydrogen-bond acceptors (Lipinski definition) is 0. The molecule has 0 aliphatic carbocycles. The van der Waals surface area contributed by atoms with Gasteiger partial charge in [0.05, 0.1) is 23.3 Å². The predicted molar refractivity (Wildman–Crippen MR) is 110 cm³/mol. The fourth-order valence-corrected chi connectivity index (χ4v) is 4.62. The summed E-state index contributed by atoms with van der Waals surface area (Å²) >= 11 is 0. The molecule has 0 spiro atoms. The Morgan fingerprint density at radius 2 is 0.447 bits per heavy atom.